The van der Waals surface area contributed by atoms with E-state index in [9.17, 15) is 0 Å². The summed E-state index contributed by atoms with van der Waals surface area (Å²) in [7, 11) is 0. The summed E-state index contributed by atoms with van der Waals surface area (Å²) in [5.74, 6) is 0. The number of hydrogen-bond acceptors (Lipinski definition) is 2. The van der Waals surface area contributed by atoms with Crippen molar-refractivity contribution in [2.45, 2.75) is 66.7 Å². The standard InChI is InChI=1S/C13H21N.C3H7N/c1-5-11(3)14-12(4)13-9-7-6-8-10(13)2;1-3(2)4/h2,5-9H2,1,3-4H3;4H,1-2H3/b13-12-,14-11?;. The number of nitrogens with one attached hydrogen (secondary N) is 1. The van der Waals surface area contributed by atoms with Crippen molar-refractivity contribution < 1.29 is 0 Å². The first kappa shape index (κ1) is 16.8. The molecule has 1 N–H and O–H groups in total. The SMILES string of the molecule is C=C1CCCC/C1=C(\C)N=C(C)CC.CC(C)=N. The molecule has 1 aliphatic carbocycles. The number of aliphatic imine (C=N–C) groups is 1. The monoisotopic (exact) mass is 248 g/mol. The predicted molar refractivity (Wildman–Crippen MR) is 82.8 cm³/mol. The van der Waals surface area contributed by atoms with Crippen LogP contribution in [0.15, 0.2) is 28.4 Å². The number of hydrogen-bond donors (Lipinski definition) is 1. The van der Waals surface area contributed by atoms with E-state index in [4.69, 9.17) is 5.41 Å². The molecule has 1 fully saturated rings. The second kappa shape index (κ2) is 8.84. The van der Waals surface area contributed by atoms with E-state index >= 15 is 0 Å². The fraction of sp³-hybridized carbons (Fsp3) is 0.625. The summed E-state index contributed by atoms with van der Waals surface area (Å²) in [4.78, 5) is 4.60. The first-order valence-corrected chi connectivity index (χ1v) is 6.82. The Hall–Kier alpha value is -1.18. The van der Waals surface area contributed by atoms with Crippen LogP contribution in [0.2, 0.25) is 0 Å². The van der Waals surface area contributed by atoms with Crippen molar-refractivity contribution in [3.05, 3.63) is 23.4 Å². The molecule has 1 rings (SSSR count). The third kappa shape index (κ3) is 7.21. The van der Waals surface area contributed by atoms with Gasteiger partial charge in [-0.25, -0.2) is 0 Å². The second-order valence-electron chi connectivity index (χ2n) is 5.08. The second-order valence-corrected chi connectivity index (χ2v) is 5.08. The fourth-order valence-electron chi connectivity index (χ4n) is 1.84. The van der Waals surface area contributed by atoms with Gasteiger partial charge in [0.1, 0.15) is 0 Å². The molecule has 0 heterocycles. The lowest BCUT2D eigenvalue weighted by molar-refractivity contribution is 0.674. The van der Waals surface area contributed by atoms with Gasteiger partial charge in [0, 0.05) is 17.1 Å². The fourth-order valence-corrected chi connectivity index (χ4v) is 1.84. The summed E-state index contributed by atoms with van der Waals surface area (Å²) >= 11 is 0. The average molecular weight is 248 g/mol. The molecule has 0 aliphatic heterocycles. The van der Waals surface area contributed by atoms with E-state index < -0.39 is 0 Å². The molecule has 0 amide bonds. The van der Waals surface area contributed by atoms with Gasteiger partial charge in [-0.15, -0.1) is 0 Å². The quantitative estimate of drug-likeness (QED) is 0.643. The summed E-state index contributed by atoms with van der Waals surface area (Å²) in [6.07, 6.45) is 5.97. The molecule has 102 valence electrons. The molecule has 0 aromatic heterocycles. The Labute approximate surface area is 112 Å². The Bertz CT molecular complexity index is 355. The van der Waals surface area contributed by atoms with Gasteiger partial charge in [0.25, 0.3) is 0 Å². The Kier molecular flexibility index (Phi) is 8.27. The lowest BCUT2D eigenvalue weighted by Crippen LogP contribution is -2.00. The molecule has 0 spiro atoms. The Morgan fingerprint density at radius 1 is 1.17 bits per heavy atom. The zero-order valence-electron chi connectivity index (χ0n) is 12.7. The summed E-state index contributed by atoms with van der Waals surface area (Å²) in [6, 6.07) is 0. The van der Waals surface area contributed by atoms with Gasteiger partial charge in [0.05, 0.1) is 0 Å². The van der Waals surface area contributed by atoms with Crippen LogP contribution in [0.4, 0.5) is 0 Å². The first-order valence-electron chi connectivity index (χ1n) is 6.82. The molecule has 0 radical (unpaired) electrons. The summed E-state index contributed by atoms with van der Waals surface area (Å²) in [5.41, 5.74) is 5.79. The molecule has 2 nitrogen and oxygen atoms in total. The minimum Gasteiger partial charge on any atom is -0.310 e. The topological polar surface area (TPSA) is 36.2 Å². The van der Waals surface area contributed by atoms with Crippen LogP contribution in [-0.2, 0) is 0 Å². The molecule has 0 atom stereocenters. The molecule has 0 bridgehead atoms. The highest BCUT2D eigenvalue weighted by atomic mass is 14.7. The Balaban J connectivity index is 0.000000631. The first-order chi connectivity index (χ1) is 8.38. The van der Waals surface area contributed by atoms with E-state index in [0.717, 1.165) is 12.8 Å². The number of allylic oxidation sites excluding steroid dienone is 3. The van der Waals surface area contributed by atoms with Crippen LogP contribution in [0.5, 0.6) is 0 Å². The van der Waals surface area contributed by atoms with Gasteiger partial charge in [-0.1, -0.05) is 19.1 Å². The molecule has 1 saturated carbocycles. The van der Waals surface area contributed by atoms with Crippen molar-refractivity contribution in [2.24, 2.45) is 4.99 Å². The minimum atomic E-state index is 0.667. The molecular weight excluding hydrogens is 220 g/mol. The zero-order valence-corrected chi connectivity index (χ0v) is 12.7. The highest BCUT2D eigenvalue weighted by molar-refractivity contribution is 5.82. The maximum Gasteiger partial charge on any atom is 0.0406 e. The average Bonchev–Trinajstić information content (AvgIpc) is 2.28. The van der Waals surface area contributed by atoms with E-state index in [-0.39, 0.29) is 0 Å². The summed E-state index contributed by atoms with van der Waals surface area (Å²) in [5, 5.41) is 6.50. The van der Waals surface area contributed by atoms with Gasteiger partial charge in [-0.3, -0.25) is 4.99 Å². The largest absolute Gasteiger partial charge is 0.310 e. The van der Waals surface area contributed by atoms with Crippen LogP contribution in [0.3, 0.4) is 0 Å². The van der Waals surface area contributed by atoms with E-state index in [2.05, 4.69) is 32.3 Å². The van der Waals surface area contributed by atoms with Crippen LogP contribution in [0, 0.1) is 5.41 Å². The van der Waals surface area contributed by atoms with Gasteiger partial charge >= 0.3 is 0 Å². The van der Waals surface area contributed by atoms with Gasteiger partial charge in [-0.2, -0.15) is 0 Å². The Morgan fingerprint density at radius 2 is 1.67 bits per heavy atom. The third-order valence-corrected chi connectivity index (χ3v) is 2.89. The molecule has 0 unspecified atom stereocenters. The molecule has 0 aromatic carbocycles. The molecular formula is C16H28N2. The number of rotatable bonds is 2. The maximum absolute atomic E-state index is 6.50. The van der Waals surface area contributed by atoms with Gasteiger partial charge < -0.3 is 5.41 Å². The minimum absolute atomic E-state index is 0.667. The van der Waals surface area contributed by atoms with Gasteiger partial charge in [-0.05, 0) is 65.4 Å². The highest BCUT2D eigenvalue weighted by Crippen LogP contribution is 2.30. The van der Waals surface area contributed by atoms with Gasteiger partial charge in [0.15, 0.2) is 0 Å². The van der Waals surface area contributed by atoms with Crippen molar-refractivity contribution in [1.82, 2.24) is 0 Å². The van der Waals surface area contributed by atoms with Crippen molar-refractivity contribution in [3.63, 3.8) is 0 Å². The smallest absolute Gasteiger partial charge is 0.0406 e. The van der Waals surface area contributed by atoms with Crippen molar-refractivity contribution in [1.29, 1.82) is 5.41 Å². The van der Waals surface area contributed by atoms with Crippen LogP contribution in [0.1, 0.15) is 66.7 Å². The summed E-state index contributed by atoms with van der Waals surface area (Å²) < 4.78 is 0. The van der Waals surface area contributed by atoms with E-state index in [0.29, 0.717) is 5.71 Å². The van der Waals surface area contributed by atoms with Crippen molar-refractivity contribution in [3.8, 4) is 0 Å². The lowest BCUT2D eigenvalue weighted by Gasteiger charge is -2.18. The van der Waals surface area contributed by atoms with E-state index in [1.54, 1.807) is 13.8 Å². The van der Waals surface area contributed by atoms with Crippen LogP contribution in [-0.4, -0.2) is 11.4 Å². The Morgan fingerprint density at radius 3 is 2.11 bits per heavy atom. The van der Waals surface area contributed by atoms with Crippen molar-refractivity contribution >= 4 is 11.4 Å². The molecule has 0 saturated heterocycles. The normalized spacial score (nSPS) is 18.9. The van der Waals surface area contributed by atoms with E-state index in [1.165, 1.54) is 41.8 Å². The molecule has 2 heteroatoms. The third-order valence-electron chi connectivity index (χ3n) is 2.89. The molecule has 0 aromatic rings. The highest BCUT2D eigenvalue weighted by Gasteiger charge is 2.11. The number of nitrogens with zero attached hydrogens (tertiary/aromatic N) is 1. The maximum atomic E-state index is 6.50. The van der Waals surface area contributed by atoms with Crippen LogP contribution < -0.4 is 0 Å². The van der Waals surface area contributed by atoms with Crippen molar-refractivity contribution in [2.75, 3.05) is 0 Å². The molecule has 18 heavy (non-hydrogen) atoms. The molecule has 1 aliphatic rings. The predicted octanol–water partition coefficient (Wildman–Crippen LogP) is 5.31. The van der Waals surface area contributed by atoms with E-state index in [1.807, 2.05) is 0 Å². The van der Waals surface area contributed by atoms with Crippen LogP contribution >= 0.6 is 0 Å². The zero-order chi connectivity index (χ0) is 14.1. The van der Waals surface area contributed by atoms with Gasteiger partial charge in [0.2, 0.25) is 0 Å². The summed E-state index contributed by atoms with van der Waals surface area (Å²) in [6.45, 7) is 14.0. The van der Waals surface area contributed by atoms with Crippen LogP contribution in [0.25, 0.3) is 0 Å². The lowest BCUT2D eigenvalue weighted by atomic mass is 9.89.